The van der Waals surface area contributed by atoms with Gasteiger partial charge < -0.3 is 9.67 Å². The largest absolute Gasteiger partial charge is 0.395 e. The summed E-state index contributed by atoms with van der Waals surface area (Å²) in [5.41, 5.74) is 1.33. The fraction of sp³-hybridized carbons (Fsp3) is 0.700. The molecular formula is C10H16N2O. The maximum Gasteiger partial charge on any atom is 0.0945 e. The predicted molar refractivity (Wildman–Crippen MR) is 50.4 cm³/mol. The topological polar surface area (TPSA) is 38.0 Å². The molecule has 1 aliphatic rings. The third kappa shape index (κ3) is 0.967. The van der Waals surface area contributed by atoms with Gasteiger partial charge in [0, 0.05) is 24.4 Å². The number of imidazole rings is 1. The van der Waals surface area contributed by atoms with Crippen LogP contribution in [0.4, 0.5) is 0 Å². The molecule has 0 spiro atoms. The van der Waals surface area contributed by atoms with Crippen molar-refractivity contribution in [1.82, 2.24) is 9.55 Å². The van der Waals surface area contributed by atoms with Crippen molar-refractivity contribution in [3.05, 3.63) is 18.2 Å². The number of hydrogen-bond acceptors (Lipinski definition) is 2. The van der Waals surface area contributed by atoms with Gasteiger partial charge in [-0.1, -0.05) is 13.8 Å². The van der Waals surface area contributed by atoms with Crippen LogP contribution in [0.5, 0.6) is 0 Å². The van der Waals surface area contributed by atoms with E-state index in [0.717, 1.165) is 12.1 Å². The number of rotatable bonds is 2. The molecule has 0 amide bonds. The van der Waals surface area contributed by atoms with E-state index < -0.39 is 0 Å². The zero-order chi connectivity index (χ0) is 9.69. The molecule has 1 atom stereocenters. The summed E-state index contributed by atoms with van der Waals surface area (Å²) in [5.74, 6) is 0. The Morgan fingerprint density at radius 1 is 1.62 bits per heavy atom. The first-order valence-electron chi connectivity index (χ1n) is 4.61. The molecule has 0 aliphatic heterocycles. The lowest BCUT2D eigenvalue weighted by Gasteiger charge is -2.17. The third-order valence-electron chi connectivity index (χ3n) is 3.49. The minimum absolute atomic E-state index is 0.0434. The summed E-state index contributed by atoms with van der Waals surface area (Å²) in [7, 11) is 1.98. The fourth-order valence-corrected chi connectivity index (χ4v) is 2.32. The van der Waals surface area contributed by atoms with Crippen molar-refractivity contribution < 1.29 is 5.11 Å². The van der Waals surface area contributed by atoms with Crippen molar-refractivity contribution in [3.8, 4) is 0 Å². The maximum absolute atomic E-state index is 9.45. The molecule has 0 radical (unpaired) electrons. The molecule has 1 fully saturated rings. The van der Waals surface area contributed by atoms with Crippen LogP contribution in [-0.4, -0.2) is 21.3 Å². The first kappa shape index (κ1) is 8.75. The number of hydrogen-bond donors (Lipinski definition) is 1. The normalized spacial score (nSPS) is 30.5. The monoisotopic (exact) mass is 180 g/mol. The molecule has 1 N–H and O–H groups in total. The van der Waals surface area contributed by atoms with Gasteiger partial charge in [-0.2, -0.15) is 0 Å². The Morgan fingerprint density at radius 3 is 2.54 bits per heavy atom. The molecule has 13 heavy (non-hydrogen) atoms. The zero-order valence-electron chi connectivity index (χ0n) is 8.41. The predicted octanol–water partition coefficient (Wildman–Crippen LogP) is 1.08. The molecule has 3 nitrogen and oxygen atoms in total. The quantitative estimate of drug-likeness (QED) is 0.739. The van der Waals surface area contributed by atoms with E-state index >= 15 is 0 Å². The summed E-state index contributed by atoms with van der Waals surface area (Å²) in [5, 5.41) is 9.45. The highest BCUT2D eigenvalue weighted by Crippen LogP contribution is 2.63. The Bertz CT molecular complexity index is 329. The second-order valence-corrected chi connectivity index (χ2v) is 4.69. The molecule has 1 saturated carbocycles. The van der Waals surface area contributed by atoms with E-state index in [-0.39, 0.29) is 17.4 Å². The van der Waals surface area contributed by atoms with Gasteiger partial charge in [0.25, 0.3) is 0 Å². The molecule has 0 saturated heterocycles. The lowest BCUT2D eigenvalue weighted by Crippen LogP contribution is -2.22. The summed E-state index contributed by atoms with van der Waals surface area (Å²) in [6.07, 6.45) is 4.71. The van der Waals surface area contributed by atoms with Crippen molar-refractivity contribution in [2.75, 3.05) is 6.61 Å². The molecule has 0 bridgehead atoms. The van der Waals surface area contributed by atoms with Crippen LogP contribution in [0.2, 0.25) is 0 Å². The Morgan fingerprint density at radius 2 is 2.23 bits per heavy atom. The van der Waals surface area contributed by atoms with Crippen LogP contribution in [0, 0.1) is 5.41 Å². The Kier molecular flexibility index (Phi) is 1.58. The minimum atomic E-state index is -0.0434. The van der Waals surface area contributed by atoms with E-state index in [4.69, 9.17) is 0 Å². The van der Waals surface area contributed by atoms with Crippen LogP contribution >= 0.6 is 0 Å². The second kappa shape index (κ2) is 2.35. The summed E-state index contributed by atoms with van der Waals surface area (Å²) >= 11 is 0. The Hall–Kier alpha value is -0.830. The van der Waals surface area contributed by atoms with E-state index in [1.807, 2.05) is 17.8 Å². The average Bonchev–Trinajstić information content (AvgIpc) is 2.43. The van der Waals surface area contributed by atoms with Crippen molar-refractivity contribution in [1.29, 1.82) is 0 Å². The average molecular weight is 180 g/mol. The maximum atomic E-state index is 9.45. The van der Waals surface area contributed by atoms with Crippen LogP contribution in [0.1, 0.15) is 26.0 Å². The number of aliphatic hydroxyl groups is 1. The van der Waals surface area contributed by atoms with E-state index in [1.165, 1.54) is 0 Å². The van der Waals surface area contributed by atoms with E-state index in [0.29, 0.717) is 0 Å². The standard InChI is InChI=1S/C10H16N2O/c1-9(2)5-10(9,6-13)8-4-11-7-12(8)3/h4,7,13H,5-6H2,1-3H3. The first-order valence-corrected chi connectivity index (χ1v) is 4.61. The smallest absolute Gasteiger partial charge is 0.0945 e. The van der Waals surface area contributed by atoms with Gasteiger partial charge in [0.1, 0.15) is 0 Å². The molecular weight excluding hydrogens is 164 g/mol. The molecule has 1 unspecified atom stereocenters. The lowest BCUT2D eigenvalue weighted by atomic mass is 9.93. The van der Waals surface area contributed by atoms with Gasteiger partial charge in [0.05, 0.1) is 12.9 Å². The number of nitrogens with zero attached hydrogens (tertiary/aromatic N) is 2. The van der Waals surface area contributed by atoms with Crippen LogP contribution in [-0.2, 0) is 12.5 Å². The molecule has 72 valence electrons. The van der Waals surface area contributed by atoms with Gasteiger partial charge in [-0.25, -0.2) is 4.98 Å². The van der Waals surface area contributed by atoms with Crippen LogP contribution < -0.4 is 0 Å². The highest BCUT2D eigenvalue weighted by molar-refractivity contribution is 5.31. The second-order valence-electron chi connectivity index (χ2n) is 4.69. The zero-order valence-corrected chi connectivity index (χ0v) is 8.41. The Labute approximate surface area is 78.4 Å². The molecule has 0 aromatic carbocycles. The number of aromatic nitrogens is 2. The van der Waals surface area contributed by atoms with Crippen molar-refractivity contribution >= 4 is 0 Å². The van der Waals surface area contributed by atoms with Gasteiger partial charge >= 0.3 is 0 Å². The van der Waals surface area contributed by atoms with Crippen LogP contribution in [0.3, 0.4) is 0 Å². The summed E-state index contributed by atoms with van der Waals surface area (Å²) in [4.78, 5) is 4.09. The van der Waals surface area contributed by atoms with Crippen molar-refractivity contribution in [3.63, 3.8) is 0 Å². The SMILES string of the molecule is Cn1cncc1C1(CO)CC1(C)C. The van der Waals surface area contributed by atoms with Gasteiger partial charge in [0.15, 0.2) is 0 Å². The minimum Gasteiger partial charge on any atom is -0.395 e. The molecule has 1 aromatic heterocycles. The van der Waals surface area contributed by atoms with E-state index in [1.54, 1.807) is 6.33 Å². The number of aryl methyl sites for hydroxylation is 1. The molecule has 3 heteroatoms. The van der Waals surface area contributed by atoms with Gasteiger partial charge in [-0.15, -0.1) is 0 Å². The Balaban J connectivity index is 2.41. The number of aliphatic hydroxyl groups excluding tert-OH is 1. The van der Waals surface area contributed by atoms with Gasteiger partial charge in [-0.05, 0) is 11.8 Å². The molecule has 1 aliphatic carbocycles. The molecule has 1 heterocycles. The van der Waals surface area contributed by atoms with E-state index in [2.05, 4.69) is 18.8 Å². The van der Waals surface area contributed by atoms with Gasteiger partial charge in [-0.3, -0.25) is 0 Å². The third-order valence-corrected chi connectivity index (χ3v) is 3.49. The summed E-state index contributed by atoms with van der Waals surface area (Å²) in [6, 6.07) is 0. The highest BCUT2D eigenvalue weighted by Gasteiger charge is 2.63. The van der Waals surface area contributed by atoms with Crippen molar-refractivity contribution in [2.24, 2.45) is 12.5 Å². The summed E-state index contributed by atoms with van der Waals surface area (Å²) in [6.45, 7) is 4.60. The molecule has 2 rings (SSSR count). The van der Waals surface area contributed by atoms with Gasteiger partial charge in [0.2, 0.25) is 0 Å². The van der Waals surface area contributed by atoms with E-state index in [9.17, 15) is 5.11 Å². The van der Waals surface area contributed by atoms with Crippen LogP contribution in [0.15, 0.2) is 12.5 Å². The van der Waals surface area contributed by atoms with Crippen LogP contribution in [0.25, 0.3) is 0 Å². The fourth-order valence-electron chi connectivity index (χ4n) is 2.32. The highest BCUT2D eigenvalue weighted by atomic mass is 16.3. The van der Waals surface area contributed by atoms with Crippen molar-refractivity contribution in [2.45, 2.75) is 25.7 Å². The lowest BCUT2D eigenvalue weighted by molar-refractivity contribution is 0.226. The summed E-state index contributed by atoms with van der Waals surface area (Å²) < 4.78 is 2.00. The first-order chi connectivity index (χ1) is 6.03. The molecule has 1 aromatic rings.